The van der Waals surface area contributed by atoms with Crippen LogP contribution in [0.2, 0.25) is 5.02 Å². The number of hydrogen-bond acceptors (Lipinski definition) is 3. The highest BCUT2D eigenvalue weighted by Gasteiger charge is 1.97. The summed E-state index contributed by atoms with van der Waals surface area (Å²) in [6.07, 6.45) is 3.23. The third-order valence-electron chi connectivity index (χ3n) is 2.28. The average Bonchev–Trinajstić information content (AvgIpc) is 2.92. The van der Waals surface area contributed by atoms with Gasteiger partial charge in [-0.3, -0.25) is 5.43 Å². The second-order valence-corrected chi connectivity index (χ2v) is 4.47. The van der Waals surface area contributed by atoms with Crippen molar-refractivity contribution in [2.75, 3.05) is 0 Å². The van der Waals surface area contributed by atoms with E-state index in [1.165, 1.54) is 0 Å². The van der Waals surface area contributed by atoms with Gasteiger partial charge in [0, 0.05) is 10.6 Å². The van der Waals surface area contributed by atoms with Crippen molar-refractivity contribution in [1.29, 1.82) is 0 Å². The number of hydrogen-bond donors (Lipinski definition) is 2. The van der Waals surface area contributed by atoms with E-state index < -0.39 is 0 Å². The number of nitrogens with one attached hydrogen (secondary N) is 2. The lowest BCUT2D eigenvalue weighted by Crippen LogP contribution is -2.31. The van der Waals surface area contributed by atoms with Gasteiger partial charge < -0.3 is 9.73 Å². The Hall–Kier alpha value is -1.85. The van der Waals surface area contributed by atoms with Crippen LogP contribution >= 0.6 is 23.8 Å². The highest BCUT2D eigenvalue weighted by atomic mass is 35.5. The molecule has 2 rings (SSSR count). The summed E-state index contributed by atoms with van der Waals surface area (Å²) in [6, 6.07) is 11.1. The summed E-state index contributed by atoms with van der Waals surface area (Å²) in [5, 5.41) is 8.03. The van der Waals surface area contributed by atoms with Crippen molar-refractivity contribution in [2.45, 2.75) is 6.54 Å². The molecule has 0 unspecified atom stereocenters. The molecule has 98 valence electrons. The number of nitrogens with zero attached hydrogens (tertiary/aromatic N) is 1. The van der Waals surface area contributed by atoms with Gasteiger partial charge in [-0.1, -0.05) is 29.8 Å². The molecule has 1 aromatic heterocycles. The summed E-state index contributed by atoms with van der Waals surface area (Å²) in [6.45, 7) is 0.514. The Morgan fingerprint density at radius 2 is 2.16 bits per heavy atom. The molecule has 4 nitrogen and oxygen atoms in total. The smallest absolute Gasteiger partial charge is 0.187 e. The first kappa shape index (κ1) is 13.6. The molecule has 0 fully saturated rings. The molecule has 0 aliphatic rings. The highest BCUT2D eigenvalue weighted by molar-refractivity contribution is 7.80. The molecule has 0 saturated heterocycles. The minimum absolute atomic E-state index is 0.416. The predicted octanol–water partition coefficient (Wildman–Crippen LogP) is 2.93. The van der Waals surface area contributed by atoms with Crippen LogP contribution < -0.4 is 10.7 Å². The molecule has 0 aliphatic heterocycles. The fourth-order valence-corrected chi connectivity index (χ4v) is 1.67. The summed E-state index contributed by atoms with van der Waals surface area (Å²) >= 11 is 11.1. The third kappa shape index (κ3) is 4.39. The Morgan fingerprint density at radius 1 is 1.32 bits per heavy atom. The molecule has 0 radical (unpaired) electrons. The van der Waals surface area contributed by atoms with Gasteiger partial charge in [-0.25, -0.2) is 0 Å². The van der Waals surface area contributed by atoms with Gasteiger partial charge >= 0.3 is 0 Å². The van der Waals surface area contributed by atoms with Crippen molar-refractivity contribution in [3.05, 3.63) is 59.0 Å². The minimum Gasteiger partial charge on any atom is -0.467 e. The van der Waals surface area contributed by atoms with Crippen LogP contribution in [0, 0.1) is 0 Å². The van der Waals surface area contributed by atoms with Gasteiger partial charge in [-0.15, -0.1) is 0 Å². The molecular weight excluding hydrogens is 282 g/mol. The Labute approximate surface area is 121 Å². The zero-order valence-corrected chi connectivity index (χ0v) is 11.5. The summed E-state index contributed by atoms with van der Waals surface area (Å²) in [7, 11) is 0. The maximum atomic E-state index is 5.99. The van der Waals surface area contributed by atoms with E-state index in [9.17, 15) is 0 Å². The zero-order chi connectivity index (χ0) is 13.5. The minimum atomic E-state index is 0.416. The number of halogens is 1. The van der Waals surface area contributed by atoms with Crippen LogP contribution in [0.25, 0.3) is 0 Å². The van der Waals surface area contributed by atoms with Gasteiger partial charge in [0.25, 0.3) is 0 Å². The quantitative estimate of drug-likeness (QED) is 0.517. The first-order chi connectivity index (χ1) is 9.25. The van der Waals surface area contributed by atoms with Gasteiger partial charge in [0.2, 0.25) is 0 Å². The monoisotopic (exact) mass is 293 g/mol. The molecule has 0 bridgehead atoms. The van der Waals surface area contributed by atoms with Crippen LogP contribution in [0.4, 0.5) is 0 Å². The normalized spacial score (nSPS) is 10.6. The second-order valence-electron chi connectivity index (χ2n) is 3.65. The van der Waals surface area contributed by atoms with Crippen molar-refractivity contribution in [3.8, 4) is 0 Å². The van der Waals surface area contributed by atoms with Crippen molar-refractivity contribution >= 4 is 35.1 Å². The lowest BCUT2D eigenvalue weighted by Gasteiger charge is -2.04. The largest absolute Gasteiger partial charge is 0.467 e. The van der Waals surface area contributed by atoms with Gasteiger partial charge in [0.05, 0.1) is 19.0 Å². The molecule has 19 heavy (non-hydrogen) atoms. The lowest BCUT2D eigenvalue weighted by atomic mass is 10.2. The van der Waals surface area contributed by atoms with Gasteiger partial charge in [-0.05, 0) is 30.4 Å². The first-order valence-corrected chi connectivity index (χ1v) is 6.38. The molecule has 0 aliphatic carbocycles. The molecule has 0 amide bonds. The summed E-state index contributed by atoms with van der Waals surface area (Å²) in [5.74, 6) is 0.805. The van der Waals surface area contributed by atoms with Crippen LogP contribution in [0.15, 0.2) is 52.2 Å². The summed E-state index contributed by atoms with van der Waals surface area (Å²) < 4.78 is 5.17. The number of benzene rings is 1. The van der Waals surface area contributed by atoms with Gasteiger partial charge in [0.1, 0.15) is 5.76 Å². The SMILES string of the molecule is S=C(NCc1ccco1)N/N=C/c1ccccc1Cl. The Kier molecular flexibility index (Phi) is 4.94. The molecule has 2 aromatic rings. The first-order valence-electron chi connectivity index (χ1n) is 5.59. The van der Waals surface area contributed by atoms with Crippen molar-refractivity contribution in [3.63, 3.8) is 0 Å². The van der Waals surface area contributed by atoms with E-state index in [2.05, 4.69) is 15.8 Å². The van der Waals surface area contributed by atoms with Crippen molar-refractivity contribution in [2.24, 2.45) is 5.10 Å². The summed E-state index contributed by atoms with van der Waals surface area (Å²) in [4.78, 5) is 0. The van der Waals surface area contributed by atoms with Crippen LogP contribution in [0.3, 0.4) is 0 Å². The maximum absolute atomic E-state index is 5.99. The fraction of sp³-hybridized carbons (Fsp3) is 0.0769. The van der Waals surface area contributed by atoms with E-state index in [1.54, 1.807) is 18.5 Å². The second kappa shape index (κ2) is 6.92. The molecule has 1 aromatic carbocycles. The number of hydrazone groups is 1. The van der Waals surface area contributed by atoms with E-state index in [1.807, 2.05) is 30.3 Å². The highest BCUT2D eigenvalue weighted by Crippen LogP contribution is 2.11. The van der Waals surface area contributed by atoms with Crippen molar-refractivity contribution < 1.29 is 4.42 Å². The van der Waals surface area contributed by atoms with Crippen LogP contribution in [-0.4, -0.2) is 11.3 Å². The lowest BCUT2D eigenvalue weighted by molar-refractivity contribution is 0.502. The number of rotatable bonds is 4. The molecule has 0 spiro atoms. The Balaban J connectivity index is 1.79. The van der Waals surface area contributed by atoms with E-state index in [-0.39, 0.29) is 0 Å². The zero-order valence-electron chi connectivity index (χ0n) is 9.97. The number of furan rings is 1. The maximum Gasteiger partial charge on any atom is 0.187 e. The molecule has 6 heteroatoms. The van der Waals surface area contributed by atoms with Crippen LogP contribution in [0.1, 0.15) is 11.3 Å². The average molecular weight is 294 g/mol. The van der Waals surface area contributed by atoms with E-state index in [0.717, 1.165) is 11.3 Å². The van der Waals surface area contributed by atoms with Gasteiger partial charge in [-0.2, -0.15) is 5.10 Å². The summed E-state index contributed by atoms with van der Waals surface area (Å²) in [5.41, 5.74) is 3.53. The van der Waals surface area contributed by atoms with Gasteiger partial charge in [0.15, 0.2) is 5.11 Å². The topological polar surface area (TPSA) is 49.6 Å². The van der Waals surface area contributed by atoms with Crippen LogP contribution in [-0.2, 0) is 6.54 Å². The molecule has 1 heterocycles. The molecule has 0 atom stereocenters. The molecular formula is C13H12ClN3OS. The fourth-order valence-electron chi connectivity index (χ4n) is 1.36. The Bertz CT molecular complexity index is 569. The van der Waals surface area contributed by atoms with E-state index >= 15 is 0 Å². The third-order valence-corrected chi connectivity index (χ3v) is 2.86. The Morgan fingerprint density at radius 3 is 2.89 bits per heavy atom. The van der Waals surface area contributed by atoms with Crippen molar-refractivity contribution in [1.82, 2.24) is 10.7 Å². The van der Waals surface area contributed by atoms with Crippen LogP contribution in [0.5, 0.6) is 0 Å². The molecule has 2 N–H and O–H groups in total. The molecule has 0 saturated carbocycles. The standard InChI is InChI=1S/C13H12ClN3OS/c14-12-6-2-1-4-10(12)8-16-17-13(19)15-9-11-5-3-7-18-11/h1-8H,9H2,(H2,15,17,19)/b16-8+. The number of thiocarbonyl (C=S) groups is 1. The predicted molar refractivity (Wildman–Crippen MR) is 80.3 cm³/mol. The van der Waals surface area contributed by atoms with E-state index in [0.29, 0.717) is 16.7 Å². The van der Waals surface area contributed by atoms with E-state index in [4.69, 9.17) is 28.2 Å².